The lowest BCUT2D eigenvalue weighted by atomic mass is 10.2. The first-order chi connectivity index (χ1) is 15.1. The van der Waals surface area contributed by atoms with E-state index in [1.807, 2.05) is 60.8 Å². The Morgan fingerprint density at radius 3 is 2.65 bits per heavy atom. The van der Waals surface area contributed by atoms with Crippen LogP contribution in [0.2, 0.25) is 0 Å². The smallest absolute Gasteiger partial charge is 0.244 e. The number of carbonyl (C=O) groups is 1. The Hall–Kier alpha value is -3.43. The van der Waals surface area contributed by atoms with Gasteiger partial charge in [0.05, 0.1) is 17.2 Å². The number of thiophene rings is 1. The molecule has 0 radical (unpaired) electrons. The maximum Gasteiger partial charge on any atom is 0.244 e. The van der Waals surface area contributed by atoms with Crippen molar-refractivity contribution in [2.75, 3.05) is 11.9 Å². The van der Waals surface area contributed by atoms with Gasteiger partial charge in [-0.15, -0.1) is 11.3 Å². The number of anilines is 1. The van der Waals surface area contributed by atoms with Crippen LogP contribution in [0.15, 0.2) is 66.0 Å². The van der Waals surface area contributed by atoms with Crippen molar-refractivity contribution in [3.63, 3.8) is 0 Å². The van der Waals surface area contributed by atoms with Gasteiger partial charge in [0.25, 0.3) is 0 Å². The molecule has 1 amide bonds. The SMILES string of the molecule is CCOc1ccc(Oc2ccccc2NC(=O)Cn2c(-c3cccs3)n[nH]c2=S)cc1. The molecule has 158 valence electrons. The molecule has 7 nitrogen and oxygen atoms in total. The number of nitrogens with zero attached hydrogens (tertiary/aromatic N) is 2. The van der Waals surface area contributed by atoms with E-state index in [-0.39, 0.29) is 12.5 Å². The predicted molar refractivity (Wildman–Crippen MR) is 123 cm³/mol. The Labute approximate surface area is 188 Å². The third kappa shape index (κ3) is 5.01. The van der Waals surface area contributed by atoms with Gasteiger partial charge in [-0.3, -0.25) is 14.5 Å². The van der Waals surface area contributed by atoms with E-state index in [0.29, 0.717) is 34.4 Å². The molecule has 0 atom stereocenters. The van der Waals surface area contributed by atoms with Crippen molar-refractivity contribution in [3.05, 3.63) is 70.8 Å². The molecule has 9 heteroatoms. The summed E-state index contributed by atoms with van der Waals surface area (Å²) in [5.41, 5.74) is 0.564. The molecule has 0 saturated carbocycles. The lowest BCUT2D eigenvalue weighted by Gasteiger charge is -2.13. The molecule has 0 unspecified atom stereocenters. The van der Waals surface area contributed by atoms with Gasteiger partial charge in [-0.1, -0.05) is 18.2 Å². The van der Waals surface area contributed by atoms with Crippen molar-refractivity contribution < 1.29 is 14.3 Å². The maximum atomic E-state index is 12.8. The van der Waals surface area contributed by atoms with Crippen LogP contribution >= 0.6 is 23.6 Å². The highest BCUT2D eigenvalue weighted by molar-refractivity contribution is 7.71. The fourth-order valence-electron chi connectivity index (χ4n) is 2.95. The molecular formula is C22H20N4O3S2. The highest BCUT2D eigenvalue weighted by Crippen LogP contribution is 2.30. The van der Waals surface area contributed by atoms with Gasteiger partial charge in [0.2, 0.25) is 5.91 Å². The fraction of sp³-hybridized carbons (Fsp3) is 0.136. The Kier molecular flexibility index (Phi) is 6.44. The van der Waals surface area contributed by atoms with E-state index in [1.165, 1.54) is 11.3 Å². The molecule has 2 N–H and O–H groups in total. The standard InChI is InChI=1S/C22H20N4O3S2/c1-2-28-15-9-11-16(12-10-15)29-18-7-4-3-6-17(18)23-20(27)14-26-21(24-25-22(26)30)19-8-5-13-31-19/h3-13H,2,14H2,1H3,(H,23,27)(H,25,30). The molecule has 0 spiro atoms. The summed E-state index contributed by atoms with van der Waals surface area (Å²) in [5.74, 6) is 2.35. The zero-order valence-electron chi connectivity index (χ0n) is 16.7. The predicted octanol–water partition coefficient (Wildman–Crippen LogP) is 5.50. The number of ether oxygens (including phenoxy) is 2. The second-order valence-corrected chi connectivity index (χ2v) is 7.80. The van der Waals surface area contributed by atoms with E-state index in [0.717, 1.165) is 10.6 Å². The lowest BCUT2D eigenvalue weighted by Crippen LogP contribution is -2.19. The van der Waals surface area contributed by atoms with Gasteiger partial charge in [-0.05, 0) is 67.0 Å². The first kappa shape index (κ1) is 20.8. The highest BCUT2D eigenvalue weighted by atomic mass is 32.1. The van der Waals surface area contributed by atoms with E-state index in [4.69, 9.17) is 21.7 Å². The van der Waals surface area contributed by atoms with Crippen LogP contribution in [0.5, 0.6) is 17.2 Å². The Bertz CT molecular complexity index is 1210. The lowest BCUT2D eigenvalue weighted by molar-refractivity contribution is -0.116. The first-order valence-corrected chi connectivity index (χ1v) is 10.9. The fourth-order valence-corrected chi connectivity index (χ4v) is 3.87. The van der Waals surface area contributed by atoms with E-state index in [2.05, 4.69) is 15.5 Å². The van der Waals surface area contributed by atoms with Crippen molar-refractivity contribution >= 4 is 35.1 Å². The zero-order chi connectivity index (χ0) is 21.6. The Balaban J connectivity index is 1.49. The number of aromatic amines is 1. The minimum Gasteiger partial charge on any atom is -0.494 e. The van der Waals surface area contributed by atoms with E-state index < -0.39 is 0 Å². The van der Waals surface area contributed by atoms with Gasteiger partial charge in [-0.2, -0.15) is 5.10 Å². The monoisotopic (exact) mass is 452 g/mol. The van der Waals surface area contributed by atoms with E-state index in [9.17, 15) is 4.79 Å². The van der Waals surface area contributed by atoms with Crippen molar-refractivity contribution in [3.8, 4) is 28.0 Å². The maximum absolute atomic E-state index is 12.8. The molecule has 0 saturated heterocycles. The van der Waals surface area contributed by atoms with Crippen molar-refractivity contribution in [2.24, 2.45) is 0 Å². The number of benzene rings is 2. The van der Waals surface area contributed by atoms with Crippen LogP contribution in [0, 0.1) is 4.77 Å². The van der Waals surface area contributed by atoms with Gasteiger partial charge in [0, 0.05) is 0 Å². The number of para-hydroxylation sites is 2. The third-order valence-corrected chi connectivity index (χ3v) is 5.50. The zero-order valence-corrected chi connectivity index (χ0v) is 18.3. The number of nitrogens with one attached hydrogen (secondary N) is 2. The average molecular weight is 453 g/mol. The van der Waals surface area contributed by atoms with Crippen LogP contribution in [-0.4, -0.2) is 27.3 Å². The molecule has 0 bridgehead atoms. The average Bonchev–Trinajstić information content (AvgIpc) is 3.42. The van der Waals surface area contributed by atoms with Crippen molar-refractivity contribution in [1.82, 2.24) is 14.8 Å². The van der Waals surface area contributed by atoms with Gasteiger partial charge in [0.1, 0.15) is 18.0 Å². The summed E-state index contributed by atoms with van der Waals surface area (Å²) < 4.78 is 13.5. The van der Waals surface area contributed by atoms with Crippen LogP contribution in [0.1, 0.15) is 6.92 Å². The number of aromatic nitrogens is 3. The van der Waals surface area contributed by atoms with Crippen LogP contribution in [0.4, 0.5) is 5.69 Å². The topological polar surface area (TPSA) is 81.2 Å². The molecule has 0 aliphatic heterocycles. The highest BCUT2D eigenvalue weighted by Gasteiger charge is 2.15. The second kappa shape index (κ2) is 9.59. The summed E-state index contributed by atoms with van der Waals surface area (Å²) in [6.45, 7) is 2.56. The number of amides is 1. The largest absolute Gasteiger partial charge is 0.494 e. The molecule has 2 aromatic carbocycles. The van der Waals surface area contributed by atoms with Gasteiger partial charge in [-0.25, -0.2) is 0 Å². The molecule has 0 aliphatic rings. The van der Waals surface area contributed by atoms with Crippen molar-refractivity contribution in [1.29, 1.82) is 0 Å². The van der Waals surface area contributed by atoms with Crippen LogP contribution < -0.4 is 14.8 Å². The van der Waals surface area contributed by atoms with Gasteiger partial charge < -0.3 is 14.8 Å². The van der Waals surface area contributed by atoms with Crippen LogP contribution in [0.25, 0.3) is 10.7 Å². The minimum atomic E-state index is -0.238. The summed E-state index contributed by atoms with van der Waals surface area (Å²) in [6, 6.07) is 18.5. The van der Waals surface area contributed by atoms with Crippen LogP contribution in [0.3, 0.4) is 0 Å². The molecule has 4 aromatic rings. The third-order valence-electron chi connectivity index (χ3n) is 4.33. The summed E-state index contributed by atoms with van der Waals surface area (Å²) in [6.07, 6.45) is 0. The summed E-state index contributed by atoms with van der Waals surface area (Å²) in [7, 11) is 0. The van der Waals surface area contributed by atoms with Crippen LogP contribution in [-0.2, 0) is 11.3 Å². The van der Waals surface area contributed by atoms with E-state index in [1.54, 1.807) is 16.7 Å². The quantitative estimate of drug-likeness (QED) is 0.345. The number of rotatable bonds is 8. The molecular weight excluding hydrogens is 432 g/mol. The number of H-pyrrole nitrogens is 1. The second-order valence-electron chi connectivity index (χ2n) is 6.47. The molecule has 31 heavy (non-hydrogen) atoms. The molecule has 0 aliphatic carbocycles. The molecule has 0 fully saturated rings. The normalized spacial score (nSPS) is 10.6. The Morgan fingerprint density at radius 2 is 1.90 bits per heavy atom. The molecule has 4 rings (SSSR count). The van der Waals surface area contributed by atoms with Gasteiger partial charge in [0.15, 0.2) is 16.3 Å². The number of carbonyl (C=O) groups excluding carboxylic acids is 1. The summed E-state index contributed by atoms with van der Waals surface area (Å²) in [5, 5.41) is 11.9. The molecule has 2 heterocycles. The Morgan fingerprint density at radius 1 is 1.13 bits per heavy atom. The minimum absolute atomic E-state index is 0.0277. The number of hydrogen-bond donors (Lipinski definition) is 2. The van der Waals surface area contributed by atoms with Crippen molar-refractivity contribution in [2.45, 2.75) is 13.5 Å². The van der Waals surface area contributed by atoms with E-state index >= 15 is 0 Å². The molecule has 2 aromatic heterocycles. The number of hydrogen-bond acceptors (Lipinski definition) is 6. The summed E-state index contributed by atoms with van der Waals surface area (Å²) in [4.78, 5) is 13.7. The summed E-state index contributed by atoms with van der Waals surface area (Å²) >= 11 is 6.84. The van der Waals surface area contributed by atoms with Gasteiger partial charge >= 0.3 is 0 Å². The first-order valence-electron chi connectivity index (χ1n) is 9.62.